The third-order valence-electron chi connectivity index (χ3n) is 10.1. The zero-order valence-corrected chi connectivity index (χ0v) is 25.6. The Morgan fingerprint density at radius 3 is 2.45 bits per heavy atom. The van der Waals surface area contributed by atoms with Crippen molar-refractivity contribution in [3.63, 3.8) is 0 Å². The molecule has 9 nitrogen and oxygen atoms in total. The Bertz CT molecular complexity index is 1400. The lowest BCUT2D eigenvalue weighted by Crippen LogP contribution is -2.70. The van der Waals surface area contributed by atoms with Crippen LogP contribution in [0.15, 0.2) is 24.3 Å². The smallest absolute Gasteiger partial charge is 0.408 e. The highest BCUT2D eigenvalue weighted by Crippen LogP contribution is 2.45. The lowest BCUT2D eigenvalue weighted by Gasteiger charge is -2.53. The molecule has 1 aromatic carbocycles. The van der Waals surface area contributed by atoms with E-state index in [1.165, 1.54) is 10.6 Å². The third kappa shape index (κ3) is 5.03. The largest absolute Gasteiger partial charge is 0.465 e. The van der Waals surface area contributed by atoms with Gasteiger partial charge >= 0.3 is 6.09 Å². The number of aryl methyl sites for hydroxylation is 2. The fraction of sp³-hybridized carbons (Fsp3) is 0.636. The van der Waals surface area contributed by atoms with E-state index in [0.29, 0.717) is 38.0 Å². The van der Waals surface area contributed by atoms with Crippen molar-refractivity contribution >= 4 is 28.8 Å². The monoisotopic (exact) mass is 575 g/mol. The summed E-state index contributed by atoms with van der Waals surface area (Å²) in [5.74, 6) is -0.187. The van der Waals surface area contributed by atoms with E-state index in [1.54, 1.807) is 4.90 Å². The molecule has 3 aliphatic heterocycles. The van der Waals surface area contributed by atoms with Crippen LogP contribution in [0.25, 0.3) is 10.9 Å². The van der Waals surface area contributed by atoms with E-state index in [0.717, 1.165) is 62.4 Å². The van der Waals surface area contributed by atoms with Gasteiger partial charge in [0, 0.05) is 43.4 Å². The molecule has 42 heavy (non-hydrogen) atoms. The average molecular weight is 576 g/mol. The van der Waals surface area contributed by atoms with Crippen LogP contribution in [0.1, 0.15) is 90.3 Å². The number of likely N-dealkylation sites (tertiary alicyclic amines) is 3. The number of carbonyl (C=O) groups excluding carboxylic acids is 2. The molecule has 3 saturated heterocycles. The Hall–Kier alpha value is -3.54. The zero-order chi connectivity index (χ0) is 30.2. The molecule has 0 spiro atoms. The highest BCUT2D eigenvalue weighted by atomic mass is 16.4. The summed E-state index contributed by atoms with van der Waals surface area (Å²) in [5, 5.41) is 20.6. The average Bonchev–Trinajstić information content (AvgIpc) is 3.72. The topological polar surface area (TPSA) is 110 Å². The summed E-state index contributed by atoms with van der Waals surface area (Å²) in [4.78, 5) is 46.1. The lowest BCUT2D eigenvalue weighted by atomic mass is 9.67. The summed E-state index contributed by atoms with van der Waals surface area (Å²) in [7, 11) is 0. The van der Waals surface area contributed by atoms with Crippen molar-refractivity contribution in [1.29, 1.82) is 5.26 Å². The van der Waals surface area contributed by atoms with Gasteiger partial charge in [-0.1, -0.05) is 26.8 Å². The molecule has 1 unspecified atom stereocenters. The van der Waals surface area contributed by atoms with Gasteiger partial charge in [-0.2, -0.15) is 5.26 Å². The van der Waals surface area contributed by atoms with E-state index in [9.17, 15) is 24.8 Å². The fourth-order valence-electron chi connectivity index (χ4n) is 7.96. The molecular formula is C33H45N5O4. The van der Waals surface area contributed by atoms with E-state index in [2.05, 4.69) is 23.6 Å². The number of piperidine rings is 1. The molecule has 226 valence electrons. The minimum Gasteiger partial charge on any atom is -0.465 e. The van der Waals surface area contributed by atoms with Crippen molar-refractivity contribution in [1.82, 2.24) is 19.3 Å². The molecule has 9 heteroatoms. The van der Waals surface area contributed by atoms with Gasteiger partial charge in [-0.15, -0.1) is 0 Å². The first kappa shape index (κ1) is 29.9. The second kappa shape index (κ2) is 11.6. The molecule has 2 aromatic rings. The summed E-state index contributed by atoms with van der Waals surface area (Å²) < 4.78 is 2.26. The van der Waals surface area contributed by atoms with Crippen LogP contribution in [0.2, 0.25) is 0 Å². The second-order valence-electron chi connectivity index (χ2n) is 13.3. The fourth-order valence-corrected chi connectivity index (χ4v) is 7.96. The van der Waals surface area contributed by atoms with Crippen LogP contribution in [0.3, 0.4) is 0 Å². The van der Waals surface area contributed by atoms with Crippen molar-refractivity contribution < 1.29 is 19.5 Å². The van der Waals surface area contributed by atoms with E-state index in [1.807, 2.05) is 43.9 Å². The van der Waals surface area contributed by atoms with Gasteiger partial charge in [-0.05, 0) is 93.7 Å². The van der Waals surface area contributed by atoms with Crippen LogP contribution in [0.5, 0.6) is 0 Å². The molecule has 5 rings (SSSR count). The van der Waals surface area contributed by atoms with Crippen LogP contribution in [0, 0.1) is 16.7 Å². The summed E-state index contributed by atoms with van der Waals surface area (Å²) >= 11 is 0. The highest BCUT2D eigenvalue weighted by molar-refractivity contribution is 5.95. The number of aromatic nitrogens is 1. The van der Waals surface area contributed by atoms with Crippen molar-refractivity contribution in [2.24, 2.45) is 5.41 Å². The zero-order valence-electron chi connectivity index (χ0n) is 25.6. The molecule has 0 saturated carbocycles. The minimum atomic E-state index is -1.18. The van der Waals surface area contributed by atoms with Crippen molar-refractivity contribution in [2.75, 3.05) is 19.6 Å². The second-order valence-corrected chi connectivity index (χ2v) is 13.3. The van der Waals surface area contributed by atoms with E-state index < -0.39 is 23.1 Å². The van der Waals surface area contributed by atoms with Crippen molar-refractivity contribution in [3.8, 4) is 6.07 Å². The number of rotatable bonds is 6. The quantitative estimate of drug-likeness (QED) is 0.496. The maximum atomic E-state index is 14.4. The summed E-state index contributed by atoms with van der Waals surface area (Å²) in [5.41, 5.74) is 1.14. The Kier molecular flexibility index (Phi) is 8.28. The first-order chi connectivity index (χ1) is 20.0. The summed E-state index contributed by atoms with van der Waals surface area (Å²) in [6.07, 6.45) is 5.86. The molecular weight excluding hydrogens is 530 g/mol. The van der Waals surface area contributed by atoms with Gasteiger partial charge in [-0.3, -0.25) is 14.5 Å². The van der Waals surface area contributed by atoms with E-state index in [4.69, 9.17) is 0 Å². The van der Waals surface area contributed by atoms with Gasteiger partial charge in [0.1, 0.15) is 11.6 Å². The lowest BCUT2D eigenvalue weighted by molar-refractivity contribution is -0.160. The number of carbonyl (C=O) groups is 3. The normalized spacial score (nSPS) is 24.8. The molecule has 3 atom stereocenters. The first-order valence-electron chi connectivity index (χ1n) is 15.7. The molecule has 1 aromatic heterocycles. The van der Waals surface area contributed by atoms with Crippen LogP contribution in [-0.4, -0.2) is 79.5 Å². The molecule has 0 aliphatic carbocycles. The van der Waals surface area contributed by atoms with Gasteiger partial charge < -0.3 is 19.5 Å². The van der Waals surface area contributed by atoms with Crippen LogP contribution < -0.4 is 0 Å². The van der Waals surface area contributed by atoms with Gasteiger partial charge in [0.05, 0.1) is 11.6 Å². The van der Waals surface area contributed by atoms with Crippen molar-refractivity contribution in [2.45, 2.75) is 110 Å². The Balaban J connectivity index is 1.35. The molecule has 3 amide bonds. The van der Waals surface area contributed by atoms with Gasteiger partial charge in [0.15, 0.2) is 0 Å². The first-order valence-corrected chi connectivity index (χ1v) is 15.7. The maximum absolute atomic E-state index is 14.4. The molecule has 0 radical (unpaired) electrons. The number of fused-ring (bicyclic) bond motifs is 1. The third-order valence-corrected chi connectivity index (χ3v) is 10.1. The number of nitrogens with zero attached hydrogens (tertiary/aromatic N) is 5. The molecule has 4 heterocycles. The number of hydrogen-bond acceptors (Lipinski definition) is 4. The number of carboxylic acid groups (broad SMARTS) is 1. The van der Waals surface area contributed by atoms with Crippen LogP contribution >= 0.6 is 0 Å². The number of hydrogen-bond donors (Lipinski definition) is 1. The van der Waals surface area contributed by atoms with Gasteiger partial charge in [0.25, 0.3) is 0 Å². The number of amides is 3. The predicted octanol–water partition coefficient (Wildman–Crippen LogP) is 5.40. The standard InChI is InChI=1S/C33H45N5O4/c1-5-35-26(21-24-13-12-23(22-34)20-28(24)35)15-14-25-10-8-17-36(25)29(39)27-11-9-18-37(27)30(40)33(32(2,3)4)16-6-7-19-38(33)31(41)42/h12-13,20-21,25,27H,5-11,14-19H2,1-4H3,(H,41,42)/t25-,27+,33?/m0/s1. The minimum absolute atomic E-state index is 0.0137. The Labute approximate surface area is 249 Å². The van der Waals surface area contributed by atoms with E-state index in [-0.39, 0.29) is 17.9 Å². The number of nitriles is 1. The van der Waals surface area contributed by atoms with E-state index >= 15 is 0 Å². The molecule has 0 bridgehead atoms. The molecule has 1 N–H and O–H groups in total. The maximum Gasteiger partial charge on any atom is 0.408 e. The highest BCUT2D eigenvalue weighted by Gasteiger charge is 2.58. The summed E-state index contributed by atoms with van der Waals surface area (Å²) in [6.45, 7) is 10.3. The van der Waals surface area contributed by atoms with Gasteiger partial charge in [-0.25, -0.2) is 4.79 Å². The van der Waals surface area contributed by atoms with Gasteiger partial charge in [0.2, 0.25) is 11.8 Å². The SMILES string of the molecule is CCn1c(CC[C@@H]2CCCN2C(=O)[C@H]2CCCN2C(=O)C2(C(C)(C)C)CCCCN2C(=O)O)cc2ccc(C#N)cc21. The summed E-state index contributed by atoms with van der Waals surface area (Å²) in [6, 6.07) is 9.80. The molecule has 3 aliphatic rings. The number of benzene rings is 1. The predicted molar refractivity (Wildman–Crippen MR) is 161 cm³/mol. The van der Waals surface area contributed by atoms with Crippen LogP contribution in [-0.2, 0) is 22.6 Å². The van der Waals surface area contributed by atoms with Crippen LogP contribution in [0.4, 0.5) is 4.79 Å². The van der Waals surface area contributed by atoms with Crippen molar-refractivity contribution in [3.05, 3.63) is 35.5 Å². The molecule has 3 fully saturated rings. The Morgan fingerprint density at radius 1 is 1.02 bits per heavy atom. The Morgan fingerprint density at radius 2 is 1.76 bits per heavy atom.